The van der Waals surface area contributed by atoms with E-state index in [1.54, 1.807) is 11.3 Å². The number of nitrogens with one attached hydrogen (secondary N) is 1. The molecule has 2 fully saturated rings. The molecule has 0 unspecified atom stereocenters. The number of fused-ring (bicyclic) bond motifs is 1. The minimum Gasteiger partial charge on any atom is -0.350 e. The van der Waals surface area contributed by atoms with Crippen LogP contribution in [0.3, 0.4) is 0 Å². The normalized spacial score (nSPS) is 17.8. The Morgan fingerprint density at radius 2 is 1.69 bits per heavy atom. The van der Waals surface area contributed by atoms with Crippen LogP contribution in [0, 0.1) is 0 Å². The molecule has 1 aromatic heterocycles. The number of likely N-dealkylation sites (tertiary alicyclic amines) is 1. The summed E-state index contributed by atoms with van der Waals surface area (Å²) in [7, 11) is 0. The molecular formula is C30H29N3O2S. The van der Waals surface area contributed by atoms with Crippen LogP contribution < -0.4 is 5.32 Å². The number of hydrogen-bond acceptors (Lipinski definition) is 4. The molecule has 3 aromatic carbocycles. The van der Waals surface area contributed by atoms with Gasteiger partial charge < -0.3 is 10.2 Å². The van der Waals surface area contributed by atoms with Gasteiger partial charge in [0.05, 0.1) is 9.88 Å². The lowest BCUT2D eigenvalue weighted by Crippen LogP contribution is -2.49. The summed E-state index contributed by atoms with van der Waals surface area (Å²) in [6.45, 7) is 1.13. The van der Waals surface area contributed by atoms with Crippen molar-refractivity contribution < 1.29 is 9.59 Å². The Hall–Kier alpha value is -3.51. The number of piperidine rings is 1. The first-order chi connectivity index (χ1) is 17.7. The Labute approximate surface area is 215 Å². The van der Waals surface area contributed by atoms with Gasteiger partial charge in [-0.3, -0.25) is 9.59 Å². The number of carbonyl (C=O) groups is 2. The number of benzene rings is 3. The lowest BCUT2D eigenvalue weighted by atomic mass is 10.00. The molecule has 2 amide bonds. The van der Waals surface area contributed by atoms with Gasteiger partial charge in [-0.05, 0) is 54.5 Å². The Morgan fingerprint density at radius 3 is 2.53 bits per heavy atom. The predicted octanol–water partition coefficient (Wildman–Crippen LogP) is 6.27. The summed E-state index contributed by atoms with van der Waals surface area (Å²) in [5, 5.41) is 6.19. The van der Waals surface area contributed by atoms with Crippen LogP contribution in [-0.4, -0.2) is 40.8 Å². The number of nitrogens with zero attached hydrogens (tertiary/aromatic N) is 2. The average Bonchev–Trinajstić information content (AvgIpc) is 3.69. The molecule has 0 spiro atoms. The highest BCUT2D eigenvalue weighted by Gasteiger charge is 2.34. The third kappa shape index (κ3) is 4.53. The van der Waals surface area contributed by atoms with Gasteiger partial charge in [0.2, 0.25) is 0 Å². The van der Waals surface area contributed by atoms with Crippen molar-refractivity contribution in [2.24, 2.45) is 0 Å². The molecule has 1 N–H and O–H groups in total. The smallest absolute Gasteiger partial charge is 0.274 e. The van der Waals surface area contributed by atoms with Crippen molar-refractivity contribution in [1.82, 2.24) is 15.2 Å². The first kappa shape index (κ1) is 22.9. The molecule has 1 aliphatic heterocycles. The Bertz CT molecular complexity index is 1410. The molecular weight excluding hydrogens is 466 g/mol. The van der Waals surface area contributed by atoms with E-state index in [2.05, 4.69) is 17.4 Å². The Kier molecular flexibility index (Phi) is 6.28. The van der Waals surface area contributed by atoms with E-state index in [9.17, 15) is 9.59 Å². The quantitative estimate of drug-likeness (QED) is 0.343. The molecule has 36 heavy (non-hydrogen) atoms. The van der Waals surface area contributed by atoms with E-state index >= 15 is 0 Å². The zero-order chi connectivity index (χ0) is 24.5. The summed E-state index contributed by atoms with van der Waals surface area (Å²) in [6.07, 6.45) is 5.21. The van der Waals surface area contributed by atoms with Gasteiger partial charge in [0.1, 0.15) is 5.69 Å². The molecule has 2 heterocycles. The maximum atomic E-state index is 13.9. The predicted molar refractivity (Wildman–Crippen MR) is 144 cm³/mol. The maximum Gasteiger partial charge on any atom is 0.274 e. The molecule has 1 saturated carbocycles. The number of amides is 2. The fraction of sp³-hybridized carbons (Fsp3) is 0.300. The van der Waals surface area contributed by atoms with Gasteiger partial charge in [0.15, 0.2) is 0 Å². The van der Waals surface area contributed by atoms with Crippen LogP contribution in [0.2, 0.25) is 0 Å². The summed E-state index contributed by atoms with van der Waals surface area (Å²) in [5.41, 5.74) is 2.28. The van der Waals surface area contributed by atoms with Crippen LogP contribution in [0.4, 0.5) is 0 Å². The summed E-state index contributed by atoms with van der Waals surface area (Å²) >= 11 is 1.67. The minimum atomic E-state index is -0.0978. The average molecular weight is 496 g/mol. The van der Waals surface area contributed by atoms with Crippen LogP contribution in [0.5, 0.6) is 0 Å². The van der Waals surface area contributed by atoms with Gasteiger partial charge in [-0.1, -0.05) is 66.7 Å². The first-order valence-corrected chi connectivity index (χ1v) is 13.6. The van der Waals surface area contributed by atoms with E-state index < -0.39 is 0 Å². The van der Waals surface area contributed by atoms with Gasteiger partial charge in [-0.15, -0.1) is 11.3 Å². The van der Waals surface area contributed by atoms with Gasteiger partial charge in [-0.2, -0.15) is 0 Å². The third-order valence-corrected chi connectivity index (χ3v) is 8.50. The van der Waals surface area contributed by atoms with Gasteiger partial charge in [-0.25, -0.2) is 4.98 Å². The number of carbonyl (C=O) groups excluding carboxylic acids is 2. The highest BCUT2D eigenvalue weighted by atomic mass is 32.1. The lowest BCUT2D eigenvalue weighted by molar-refractivity contribution is 0.0598. The van der Waals surface area contributed by atoms with Crippen molar-refractivity contribution in [2.45, 2.75) is 44.1 Å². The summed E-state index contributed by atoms with van der Waals surface area (Å²) < 4.78 is 0. The van der Waals surface area contributed by atoms with Gasteiger partial charge in [0.25, 0.3) is 11.8 Å². The number of hydrogen-bond donors (Lipinski definition) is 1. The summed E-state index contributed by atoms with van der Waals surface area (Å²) in [5.74, 6) is 0.386. The standard InChI is InChI=1S/C30H29N3O2S/c34-28(25-15-8-12-20-9-4-5-14-24(20)25)31-19-23-13-6-7-18-33(23)30(35)26-27(21-10-2-1-3-11-21)36-29(32-26)22-16-17-22/h1-5,8-12,14-15,22-23H,6-7,13,16-19H2,(H,31,34)/t23-/m0/s1. The fourth-order valence-corrected chi connectivity index (χ4v) is 6.35. The molecule has 0 radical (unpaired) electrons. The topological polar surface area (TPSA) is 62.3 Å². The van der Waals surface area contributed by atoms with Crippen LogP contribution in [0.1, 0.15) is 63.9 Å². The van der Waals surface area contributed by atoms with E-state index in [-0.39, 0.29) is 17.9 Å². The second-order valence-electron chi connectivity index (χ2n) is 9.76. The van der Waals surface area contributed by atoms with Crippen molar-refractivity contribution in [2.75, 3.05) is 13.1 Å². The molecule has 5 nitrogen and oxygen atoms in total. The van der Waals surface area contributed by atoms with Crippen molar-refractivity contribution >= 4 is 33.9 Å². The fourth-order valence-electron chi connectivity index (χ4n) is 5.12. The Morgan fingerprint density at radius 1 is 0.917 bits per heavy atom. The highest BCUT2D eigenvalue weighted by molar-refractivity contribution is 7.15. The number of aromatic nitrogens is 1. The van der Waals surface area contributed by atoms with E-state index in [0.29, 0.717) is 30.3 Å². The SMILES string of the molecule is O=C(NC[C@@H]1CCCCN1C(=O)c1nc(C2CC2)sc1-c1ccccc1)c1cccc2ccccc12. The molecule has 6 heteroatoms. The van der Waals surface area contributed by atoms with Crippen molar-refractivity contribution in [3.05, 3.63) is 89.1 Å². The number of rotatable bonds is 6. The van der Waals surface area contributed by atoms with Crippen molar-refractivity contribution in [1.29, 1.82) is 0 Å². The van der Waals surface area contributed by atoms with Crippen LogP contribution in [-0.2, 0) is 0 Å². The molecule has 182 valence electrons. The van der Waals surface area contributed by atoms with Crippen LogP contribution in [0.15, 0.2) is 72.8 Å². The zero-order valence-electron chi connectivity index (χ0n) is 20.2. The van der Waals surface area contributed by atoms with Crippen molar-refractivity contribution in [3.63, 3.8) is 0 Å². The van der Waals surface area contributed by atoms with E-state index in [0.717, 1.165) is 58.3 Å². The largest absolute Gasteiger partial charge is 0.350 e. The second kappa shape index (κ2) is 9.86. The molecule has 0 bridgehead atoms. The monoisotopic (exact) mass is 495 g/mol. The van der Waals surface area contributed by atoms with Gasteiger partial charge in [0, 0.05) is 30.6 Å². The van der Waals surface area contributed by atoms with E-state index in [1.165, 1.54) is 0 Å². The van der Waals surface area contributed by atoms with Crippen LogP contribution >= 0.6 is 11.3 Å². The Balaban J connectivity index is 1.23. The maximum absolute atomic E-state index is 13.9. The first-order valence-electron chi connectivity index (χ1n) is 12.8. The van der Waals surface area contributed by atoms with E-state index in [4.69, 9.17) is 4.98 Å². The molecule has 2 aliphatic rings. The third-order valence-electron chi connectivity index (χ3n) is 7.23. The summed E-state index contributed by atoms with van der Waals surface area (Å²) in [4.78, 5) is 34.8. The summed E-state index contributed by atoms with van der Waals surface area (Å²) in [6, 6.07) is 23.8. The van der Waals surface area contributed by atoms with Gasteiger partial charge >= 0.3 is 0 Å². The molecule has 1 atom stereocenters. The molecule has 4 aromatic rings. The zero-order valence-corrected chi connectivity index (χ0v) is 21.0. The van der Waals surface area contributed by atoms with Crippen molar-refractivity contribution in [3.8, 4) is 10.4 Å². The second-order valence-corrected chi connectivity index (χ2v) is 10.8. The highest BCUT2D eigenvalue weighted by Crippen LogP contribution is 2.45. The molecule has 1 saturated heterocycles. The molecule has 1 aliphatic carbocycles. The van der Waals surface area contributed by atoms with Crippen LogP contribution in [0.25, 0.3) is 21.2 Å². The lowest BCUT2D eigenvalue weighted by Gasteiger charge is -2.35. The minimum absolute atomic E-state index is 0.0129. The number of thiazole rings is 1. The molecule has 6 rings (SSSR count). The van der Waals surface area contributed by atoms with E-state index in [1.807, 2.05) is 65.6 Å².